The van der Waals surface area contributed by atoms with E-state index >= 15 is 0 Å². The fourth-order valence-corrected chi connectivity index (χ4v) is 2.71. The molecule has 0 saturated heterocycles. The van der Waals surface area contributed by atoms with Crippen LogP contribution in [-0.4, -0.2) is 22.6 Å². The Hall–Kier alpha value is -1.87. The van der Waals surface area contributed by atoms with E-state index in [9.17, 15) is 0 Å². The van der Waals surface area contributed by atoms with E-state index in [0.29, 0.717) is 6.04 Å². The van der Waals surface area contributed by atoms with Crippen molar-refractivity contribution in [1.29, 1.82) is 0 Å². The van der Waals surface area contributed by atoms with Crippen molar-refractivity contribution < 1.29 is 0 Å². The van der Waals surface area contributed by atoms with Gasteiger partial charge < -0.3 is 10.2 Å². The van der Waals surface area contributed by atoms with Crippen LogP contribution >= 0.6 is 12.2 Å². The fourth-order valence-electron chi connectivity index (χ4n) is 2.33. The minimum atomic E-state index is 0.372. The van der Waals surface area contributed by atoms with Crippen LogP contribution in [0.25, 0.3) is 0 Å². The lowest BCUT2D eigenvalue weighted by atomic mass is 10.1. The predicted octanol–water partition coefficient (Wildman–Crippen LogP) is 4.01. The summed E-state index contributed by atoms with van der Waals surface area (Å²) in [5, 5.41) is 4.22. The van der Waals surface area contributed by atoms with E-state index < -0.39 is 0 Å². The van der Waals surface area contributed by atoms with Gasteiger partial charge in [-0.2, -0.15) is 0 Å². The van der Waals surface area contributed by atoms with E-state index in [4.69, 9.17) is 12.2 Å². The first-order chi connectivity index (χ1) is 10.7. The van der Waals surface area contributed by atoms with E-state index in [0.717, 1.165) is 24.6 Å². The summed E-state index contributed by atoms with van der Waals surface area (Å²) in [4.78, 5) is 2.23. The fraction of sp³-hybridized carbons (Fsp3) is 0.316. The maximum atomic E-state index is 5.58. The number of hydrogen-bond donors (Lipinski definition) is 1. The molecule has 0 atom stereocenters. The molecule has 0 unspecified atom stereocenters. The zero-order chi connectivity index (χ0) is 15.8. The summed E-state index contributed by atoms with van der Waals surface area (Å²) in [5.41, 5.74) is 2.61. The normalized spacial score (nSPS) is 10.5. The molecule has 2 aromatic rings. The zero-order valence-electron chi connectivity index (χ0n) is 13.3. The Morgan fingerprint density at radius 2 is 1.50 bits per heavy atom. The quantitative estimate of drug-likeness (QED) is 0.811. The highest BCUT2D eigenvalue weighted by Crippen LogP contribution is 2.08. The Balaban J connectivity index is 1.87. The van der Waals surface area contributed by atoms with Crippen LogP contribution in [0.3, 0.4) is 0 Å². The van der Waals surface area contributed by atoms with Crippen molar-refractivity contribution in [3.63, 3.8) is 0 Å². The lowest BCUT2D eigenvalue weighted by Crippen LogP contribution is -2.43. The Bertz CT molecular complexity index is 567. The van der Waals surface area contributed by atoms with Gasteiger partial charge in [0.2, 0.25) is 0 Å². The molecule has 0 aliphatic carbocycles. The molecule has 2 nitrogen and oxygen atoms in total. The Labute approximate surface area is 139 Å². The van der Waals surface area contributed by atoms with E-state index in [2.05, 4.69) is 72.6 Å². The maximum absolute atomic E-state index is 5.58. The predicted molar refractivity (Wildman–Crippen MR) is 97.9 cm³/mol. The summed E-state index contributed by atoms with van der Waals surface area (Å²) >= 11 is 5.58. The lowest BCUT2D eigenvalue weighted by Gasteiger charge is -2.30. The van der Waals surface area contributed by atoms with Crippen LogP contribution in [0.4, 0.5) is 0 Å². The second-order valence-electron chi connectivity index (χ2n) is 5.67. The van der Waals surface area contributed by atoms with Crippen LogP contribution in [0.1, 0.15) is 25.0 Å². The molecule has 0 aliphatic rings. The van der Waals surface area contributed by atoms with Gasteiger partial charge in [-0.1, -0.05) is 60.7 Å². The number of nitrogens with one attached hydrogen (secondary N) is 1. The molecule has 0 saturated carbocycles. The zero-order valence-corrected chi connectivity index (χ0v) is 14.1. The largest absolute Gasteiger partial charge is 0.362 e. The molecule has 2 rings (SSSR count). The number of benzene rings is 2. The SMILES string of the molecule is CC(C)N(Cc1ccccc1)C(=S)NCCc1ccccc1. The standard InChI is InChI=1S/C19H24N2S/c1-16(2)21(15-18-11-7-4-8-12-18)19(22)20-14-13-17-9-5-3-6-10-17/h3-12,16H,13-15H2,1-2H3,(H,20,22). The maximum Gasteiger partial charge on any atom is 0.169 e. The number of rotatable bonds is 6. The van der Waals surface area contributed by atoms with Crippen LogP contribution in [0.2, 0.25) is 0 Å². The first kappa shape index (κ1) is 16.5. The average Bonchev–Trinajstić information content (AvgIpc) is 2.54. The Kier molecular flexibility index (Phi) is 6.41. The summed E-state index contributed by atoms with van der Waals surface area (Å²) in [6.07, 6.45) is 0.984. The van der Waals surface area contributed by atoms with Gasteiger partial charge in [-0.05, 0) is 43.6 Å². The highest BCUT2D eigenvalue weighted by molar-refractivity contribution is 7.80. The molecule has 0 radical (unpaired) electrons. The van der Waals surface area contributed by atoms with Gasteiger partial charge in [-0.25, -0.2) is 0 Å². The van der Waals surface area contributed by atoms with Gasteiger partial charge in [-0.3, -0.25) is 0 Å². The molecule has 3 heteroatoms. The summed E-state index contributed by atoms with van der Waals surface area (Å²) < 4.78 is 0. The molecule has 0 spiro atoms. The first-order valence-corrected chi connectivity index (χ1v) is 8.20. The Morgan fingerprint density at radius 3 is 2.05 bits per heavy atom. The second-order valence-corrected chi connectivity index (χ2v) is 6.06. The molecular weight excluding hydrogens is 288 g/mol. The molecule has 116 valence electrons. The number of hydrogen-bond acceptors (Lipinski definition) is 1. The molecule has 0 amide bonds. The van der Waals surface area contributed by atoms with Crippen molar-refractivity contribution in [2.75, 3.05) is 6.54 Å². The minimum Gasteiger partial charge on any atom is -0.362 e. The molecule has 0 aromatic heterocycles. The lowest BCUT2D eigenvalue weighted by molar-refractivity contribution is 0.338. The van der Waals surface area contributed by atoms with E-state index in [-0.39, 0.29) is 0 Å². The average molecular weight is 312 g/mol. The van der Waals surface area contributed by atoms with Crippen molar-refractivity contribution in [3.05, 3.63) is 71.8 Å². The van der Waals surface area contributed by atoms with Crippen molar-refractivity contribution in [2.24, 2.45) is 0 Å². The van der Waals surface area contributed by atoms with Crippen molar-refractivity contribution >= 4 is 17.3 Å². The van der Waals surface area contributed by atoms with Crippen LogP contribution in [0.15, 0.2) is 60.7 Å². The minimum absolute atomic E-state index is 0.372. The van der Waals surface area contributed by atoms with Gasteiger partial charge in [0.15, 0.2) is 5.11 Å². The van der Waals surface area contributed by atoms with Crippen molar-refractivity contribution in [2.45, 2.75) is 32.9 Å². The summed E-state index contributed by atoms with van der Waals surface area (Å²) in [6.45, 7) is 6.05. The summed E-state index contributed by atoms with van der Waals surface area (Å²) in [7, 11) is 0. The molecule has 0 bridgehead atoms. The first-order valence-electron chi connectivity index (χ1n) is 7.79. The highest BCUT2D eigenvalue weighted by atomic mass is 32.1. The molecular formula is C19H24N2S. The third kappa shape index (κ3) is 5.15. The smallest absolute Gasteiger partial charge is 0.169 e. The van der Waals surface area contributed by atoms with Crippen molar-refractivity contribution in [1.82, 2.24) is 10.2 Å². The second kappa shape index (κ2) is 8.54. The van der Waals surface area contributed by atoms with Crippen LogP contribution < -0.4 is 5.32 Å². The third-order valence-corrected chi connectivity index (χ3v) is 3.99. The monoisotopic (exact) mass is 312 g/mol. The van der Waals surface area contributed by atoms with Gasteiger partial charge in [0.1, 0.15) is 0 Å². The highest BCUT2D eigenvalue weighted by Gasteiger charge is 2.13. The van der Waals surface area contributed by atoms with Gasteiger partial charge in [0, 0.05) is 19.1 Å². The number of nitrogens with zero attached hydrogens (tertiary/aromatic N) is 1. The topological polar surface area (TPSA) is 15.3 Å². The van der Waals surface area contributed by atoms with Crippen molar-refractivity contribution in [3.8, 4) is 0 Å². The molecule has 0 fully saturated rings. The summed E-state index contributed by atoms with van der Waals surface area (Å²) in [6, 6.07) is 21.3. The third-order valence-electron chi connectivity index (χ3n) is 3.61. The van der Waals surface area contributed by atoms with E-state index in [1.165, 1.54) is 11.1 Å². The van der Waals surface area contributed by atoms with Gasteiger partial charge in [-0.15, -0.1) is 0 Å². The van der Waals surface area contributed by atoms with Gasteiger partial charge >= 0.3 is 0 Å². The molecule has 0 aliphatic heterocycles. The van der Waals surface area contributed by atoms with Crippen LogP contribution in [0.5, 0.6) is 0 Å². The van der Waals surface area contributed by atoms with Crippen LogP contribution in [-0.2, 0) is 13.0 Å². The molecule has 22 heavy (non-hydrogen) atoms. The summed E-state index contributed by atoms with van der Waals surface area (Å²) in [5.74, 6) is 0. The Morgan fingerprint density at radius 1 is 0.955 bits per heavy atom. The number of thiocarbonyl (C=S) groups is 1. The van der Waals surface area contributed by atoms with Gasteiger partial charge in [0.05, 0.1) is 0 Å². The molecule has 0 heterocycles. The van der Waals surface area contributed by atoms with Gasteiger partial charge in [0.25, 0.3) is 0 Å². The van der Waals surface area contributed by atoms with E-state index in [1.807, 2.05) is 12.1 Å². The van der Waals surface area contributed by atoms with E-state index in [1.54, 1.807) is 0 Å². The molecule has 1 N–H and O–H groups in total. The van der Waals surface area contributed by atoms with Crippen LogP contribution in [0, 0.1) is 0 Å². The molecule has 2 aromatic carbocycles.